The van der Waals surface area contributed by atoms with Gasteiger partial charge in [0.05, 0.1) is 0 Å². The second-order valence-electron chi connectivity index (χ2n) is 5.61. The fourth-order valence-corrected chi connectivity index (χ4v) is 4.35. The van der Waals surface area contributed by atoms with Gasteiger partial charge in [-0.05, 0) is 5.56 Å². The molecule has 1 aliphatic heterocycles. The fourth-order valence-electron chi connectivity index (χ4n) is 2.99. The van der Waals surface area contributed by atoms with E-state index in [4.69, 9.17) is 0 Å². The van der Waals surface area contributed by atoms with Crippen molar-refractivity contribution in [2.45, 2.75) is 10.8 Å². The van der Waals surface area contributed by atoms with Crippen molar-refractivity contribution in [1.82, 2.24) is 10.2 Å². The van der Waals surface area contributed by atoms with Crippen molar-refractivity contribution in [2.75, 3.05) is 5.75 Å². The van der Waals surface area contributed by atoms with Gasteiger partial charge in [-0.3, -0.25) is 9.59 Å². The molecule has 3 aromatic rings. The highest BCUT2D eigenvalue weighted by atomic mass is 32.2. The van der Waals surface area contributed by atoms with Gasteiger partial charge in [0.1, 0.15) is 5.69 Å². The SMILES string of the molecule is O=C(c1ccccc1)c1n[nH]c(=O)c2c1SCC2c1ccccc1. The number of carbonyl (C=O) groups is 1. The number of aromatic amines is 1. The normalized spacial score (nSPS) is 15.9. The van der Waals surface area contributed by atoms with Gasteiger partial charge in [-0.2, -0.15) is 5.10 Å². The number of nitrogens with zero attached hydrogens (tertiary/aromatic N) is 1. The van der Waals surface area contributed by atoms with Crippen LogP contribution >= 0.6 is 11.8 Å². The molecule has 2 heterocycles. The molecule has 0 spiro atoms. The van der Waals surface area contributed by atoms with Crippen molar-refractivity contribution in [1.29, 1.82) is 0 Å². The van der Waals surface area contributed by atoms with E-state index in [9.17, 15) is 9.59 Å². The Hall–Kier alpha value is -2.66. The third-order valence-corrected chi connectivity index (χ3v) is 5.37. The predicted molar refractivity (Wildman–Crippen MR) is 93.7 cm³/mol. The Morgan fingerprint density at radius 1 is 1.04 bits per heavy atom. The molecule has 1 aromatic heterocycles. The zero-order chi connectivity index (χ0) is 16.5. The van der Waals surface area contributed by atoms with Crippen LogP contribution < -0.4 is 5.56 Å². The van der Waals surface area contributed by atoms with E-state index in [0.717, 1.165) is 11.3 Å². The van der Waals surface area contributed by atoms with E-state index in [1.165, 1.54) is 11.8 Å². The molecule has 0 saturated heterocycles. The summed E-state index contributed by atoms with van der Waals surface area (Å²) in [6.07, 6.45) is 0. The van der Waals surface area contributed by atoms with Gasteiger partial charge >= 0.3 is 0 Å². The number of nitrogens with one attached hydrogen (secondary N) is 1. The Morgan fingerprint density at radius 3 is 2.42 bits per heavy atom. The number of ketones is 1. The quantitative estimate of drug-likeness (QED) is 0.747. The fraction of sp³-hybridized carbons (Fsp3) is 0.105. The maximum absolute atomic E-state index is 12.8. The summed E-state index contributed by atoms with van der Waals surface area (Å²) < 4.78 is 0. The van der Waals surface area contributed by atoms with E-state index in [1.807, 2.05) is 48.5 Å². The number of carbonyl (C=O) groups excluding carboxylic acids is 1. The third-order valence-electron chi connectivity index (χ3n) is 4.17. The lowest BCUT2D eigenvalue weighted by atomic mass is 9.93. The van der Waals surface area contributed by atoms with Crippen LogP contribution in [0.25, 0.3) is 0 Å². The zero-order valence-electron chi connectivity index (χ0n) is 12.7. The van der Waals surface area contributed by atoms with E-state index >= 15 is 0 Å². The van der Waals surface area contributed by atoms with Crippen LogP contribution in [0.4, 0.5) is 0 Å². The summed E-state index contributed by atoms with van der Waals surface area (Å²) in [7, 11) is 0. The second kappa shape index (κ2) is 6.09. The van der Waals surface area contributed by atoms with Crippen LogP contribution in [0.2, 0.25) is 0 Å². The molecule has 0 fully saturated rings. The van der Waals surface area contributed by atoms with Gasteiger partial charge in [-0.25, -0.2) is 5.10 Å². The summed E-state index contributed by atoms with van der Waals surface area (Å²) in [4.78, 5) is 25.8. The number of rotatable bonds is 3. The minimum absolute atomic E-state index is 0.0136. The highest BCUT2D eigenvalue weighted by molar-refractivity contribution is 7.99. The van der Waals surface area contributed by atoms with Crippen molar-refractivity contribution in [2.24, 2.45) is 0 Å². The first kappa shape index (κ1) is 14.9. The van der Waals surface area contributed by atoms with Crippen LogP contribution in [-0.2, 0) is 0 Å². The molecule has 1 N–H and O–H groups in total. The molecule has 5 heteroatoms. The maximum atomic E-state index is 12.8. The number of hydrogen-bond donors (Lipinski definition) is 1. The molecule has 24 heavy (non-hydrogen) atoms. The van der Waals surface area contributed by atoms with Crippen LogP contribution in [0.1, 0.15) is 33.1 Å². The lowest BCUT2D eigenvalue weighted by molar-refractivity contribution is 0.103. The molecule has 4 nitrogen and oxygen atoms in total. The zero-order valence-corrected chi connectivity index (χ0v) is 13.5. The van der Waals surface area contributed by atoms with Crippen LogP contribution in [0, 0.1) is 0 Å². The molecule has 2 aromatic carbocycles. The average Bonchev–Trinajstić information content (AvgIpc) is 3.09. The molecule has 0 bridgehead atoms. The number of thioether (sulfide) groups is 1. The lowest BCUT2D eigenvalue weighted by Gasteiger charge is -2.10. The standard InChI is InChI=1S/C19H14N2O2S/c22-17(13-9-5-2-6-10-13)16-18-15(19(23)21-20-16)14(11-24-18)12-7-3-1-4-8-12/h1-10,14H,11H2,(H,21,23). The summed E-state index contributed by atoms with van der Waals surface area (Å²) in [6.45, 7) is 0. The lowest BCUT2D eigenvalue weighted by Crippen LogP contribution is -2.21. The monoisotopic (exact) mass is 334 g/mol. The molecule has 0 aliphatic carbocycles. The Kier molecular flexibility index (Phi) is 3.78. The minimum atomic E-state index is -0.214. The summed E-state index contributed by atoms with van der Waals surface area (Å²) in [6, 6.07) is 18.9. The Labute approximate surface area is 142 Å². The summed E-state index contributed by atoms with van der Waals surface area (Å²) in [5.41, 5.74) is 2.43. The first-order chi connectivity index (χ1) is 11.8. The molecule has 0 saturated carbocycles. The molecule has 1 atom stereocenters. The molecule has 1 aliphatic rings. The van der Waals surface area contributed by atoms with Crippen molar-refractivity contribution >= 4 is 17.5 Å². The van der Waals surface area contributed by atoms with Gasteiger partial charge in [-0.1, -0.05) is 60.7 Å². The van der Waals surface area contributed by atoms with Crippen molar-refractivity contribution in [3.8, 4) is 0 Å². The van der Waals surface area contributed by atoms with Crippen LogP contribution in [0.3, 0.4) is 0 Å². The molecule has 0 radical (unpaired) electrons. The van der Waals surface area contributed by atoms with Crippen LogP contribution in [0.5, 0.6) is 0 Å². The van der Waals surface area contributed by atoms with Gasteiger partial charge in [0.25, 0.3) is 5.56 Å². The average molecular weight is 334 g/mol. The van der Waals surface area contributed by atoms with Crippen molar-refractivity contribution < 1.29 is 4.79 Å². The van der Waals surface area contributed by atoms with E-state index in [1.54, 1.807) is 12.1 Å². The van der Waals surface area contributed by atoms with E-state index in [2.05, 4.69) is 10.2 Å². The number of benzene rings is 2. The highest BCUT2D eigenvalue weighted by Crippen LogP contribution is 2.42. The van der Waals surface area contributed by atoms with E-state index in [0.29, 0.717) is 21.7 Å². The molecule has 118 valence electrons. The first-order valence-corrected chi connectivity index (χ1v) is 8.64. The Morgan fingerprint density at radius 2 is 1.71 bits per heavy atom. The molecule has 0 amide bonds. The van der Waals surface area contributed by atoms with Crippen molar-refractivity contribution in [3.63, 3.8) is 0 Å². The maximum Gasteiger partial charge on any atom is 0.269 e. The number of fused-ring (bicyclic) bond motifs is 1. The second-order valence-corrected chi connectivity index (χ2v) is 6.64. The van der Waals surface area contributed by atoms with Gasteiger partial charge < -0.3 is 0 Å². The van der Waals surface area contributed by atoms with Gasteiger partial charge in [-0.15, -0.1) is 11.8 Å². The van der Waals surface area contributed by atoms with Gasteiger partial charge in [0.15, 0.2) is 0 Å². The Balaban J connectivity index is 1.83. The first-order valence-electron chi connectivity index (χ1n) is 7.66. The molecule has 4 rings (SSSR count). The number of hydrogen-bond acceptors (Lipinski definition) is 4. The topological polar surface area (TPSA) is 62.8 Å². The summed E-state index contributed by atoms with van der Waals surface area (Å²) >= 11 is 1.53. The summed E-state index contributed by atoms with van der Waals surface area (Å²) in [5, 5.41) is 6.56. The number of H-pyrrole nitrogens is 1. The summed E-state index contributed by atoms with van der Waals surface area (Å²) in [5.74, 6) is 0.563. The molecular weight excluding hydrogens is 320 g/mol. The molecule has 1 unspecified atom stereocenters. The van der Waals surface area contributed by atoms with E-state index in [-0.39, 0.29) is 17.3 Å². The van der Waals surface area contributed by atoms with Crippen LogP contribution in [-0.4, -0.2) is 21.7 Å². The smallest absolute Gasteiger partial charge is 0.269 e. The van der Waals surface area contributed by atoms with Crippen molar-refractivity contribution in [3.05, 3.63) is 93.4 Å². The van der Waals surface area contributed by atoms with E-state index < -0.39 is 0 Å². The third kappa shape index (κ3) is 2.47. The van der Waals surface area contributed by atoms with Crippen LogP contribution in [0.15, 0.2) is 70.4 Å². The van der Waals surface area contributed by atoms with Gasteiger partial charge in [0.2, 0.25) is 5.78 Å². The Bertz CT molecular complexity index is 952. The number of aromatic nitrogens is 2. The largest absolute Gasteiger partial charge is 0.287 e. The van der Waals surface area contributed by atoms with Gasteiger partial charge in [0, 0.05) is 27.7 Å². The predicted octanol–water partition coefficient (Wildman–Crippen LogP) is 3.24. The minimum Gasteiger partial charge on any atom is -0.287 e. The highest BCUT2D eigenvalue weighted by Gasteiger charge is 2.32. The molecular formula is C19H14N2O2S.